The van der Waals surface area contributed by atoms with Crippen LogP contribution in [-0.2, 0) is 17.8 Å². The van der Waals surface area contributed by atoms with Crippen molar-refractivity contribution in [3.63, 3.8) is 0 Å². The van der Waals surface area contributed by atoms with Crippen molar-refractivity contribution in [2.75, 3.05) is 26.9 Å². The molecule has 6 nitrogen and oxygen atoms in total. The molecule has 0 unspecified atom stereocenters. The van der Waals surface area contributed by atoms with Crippen molar-refractivity contribution in [1.82, 2.24) is 5.32 Å². The van der Waals surface area contributed by atoms with Gasteiger partial charge in [-0.3, -0.25) is 4.79 Å². The number of ether oxygens (including phenoxy) is 3. The van der Waals surface area contributed by atoms with Crippen LogP contribution in [0.1, 0.15) is 70.8 Å². The summed E-state index contributed by atoms with van der Waals surface area (Å²) in [5.74, 6) is 1.76. The Balaban J connectivity index is 1.65. The highest BCUT2D eigenvalue weighted by Gasteiger charge is 2.09. The predicted octanol–water partition coefficient (Wildman–Crippen LogP) is 5.26. The molecule has 0 atom stereocenters. The van der Waals surface area contributed by atoms with Crippen LogP contribution in [0.3, 0.4) is 0 Å². The maximum atomic E-state index is 12.2. The van der Waals surface area contributed by atoms with Gasteiger partial charge in [-0.15, -0.1) is 0 Å². The van der Waals surface area contributed by atoms with E-state index in [-0.39, 0.29) is 12.5 Å². The molecule has 0 aliphatic heterocycles. The molecular weight excluding hydrogens is 428 g/mol. The lowest BCUT2D eigenvalue weighted by Gasteiger charge is -2.13. The minimum absolute atomic E-state index is 0.0363. The fraction of sp³-hybridized carbons (Fsp3) is 0.571. The number of nitrogens with one attached hydrogen (secondary N) is 1. The number of rotatable bonds is 18. The van der Waals surface area contributed by atoms with Crippen molar-refractivity contribution >= 4 is 5.91 Å². The Morgan fingerprint density at radius 2 is 1.71 bits per heavy atom. The van der Waals surface area contributed by atoms with Crippen LogP contribution in [0.15, 0.2) is 42.7 Å². The lowest BCUT2D eigenvalue weighted by molar-refractivity contribution is -0.694. The summed E-state index contributed by atoms with van der Waals surface area (Å²) in [6.07, 6.45) is 15.1. The second-order valence-corrected chi connectivity index (χ2v) is 8.57. The maximum absolute atomic E-state index is 12.2. The number of aryl methyl sites for hydroxylation is 1. The molecule has 188 valence electrons. The molecule has 1 aromatic heterocycles. The fourth-order valence-electron chi connectivity index (χ4n) is 3.74. The van der Waals surface area contributed by atoms with Gasteiger partial charge in [0.2, 0.25) is 0 Å². The molecule has 0 saturated heterocycles. The van der Waals surface area contributed by atoms with Crippen molar-refractivity contribution in [1.29, 1.82) is 0 Å². The molecule has 0 bridgehead atoms. The number of amides is 1. The SMILES string of the molecule is CCCCCCCCCCOc1ccc(OCC(=O)NCCc2ccc[n+](CC)c2)cc1OC. The predicted molar refractivity (Wildman–Crippen MR) is 136 cm³/mol. The smallest absolute Gasteiger partial charge is 0.257 e. The number of benzene rings is 1. The van der Waals surface area contributed by atoms with Gasteiger partial charge in [0.1, 0.15) is 12.3 Å². The lowest BCUT2D eigenvalue weighted by atomic mass is 10.1. The van der Waals surface area contributed by atoms with Gasteiger partial charge in [-0.1, -0.05) is 51.9 Å². The highest BCUT2D eigenvalue weighted by atomic mass is 16.5. The van der Waals surface area contributed by atoms with E-state index in [1.807, 2.05) is 24.4 Å². The van der Waals surface area contributed by atoms with Crippen molar-refractivity contribution in [3.8, 4) is 17.2 Å². The van der Waals surface area contributed by atoms with Crippen molar-refractivity contribution in [2.24, 2.45) is 0 Å². The Morgan fingerprint density at radius 1 is 0.941 bits per heavy atom. The molecule has 2 rings (SSSR count). The van der Waals surface area contributed by atoms with Crippen LogP contribution in [0, 0.1) is 0 Å². The van der Waals surface area contributed by atoms with Crippen LogP contribution >= 0.6 is 0 Å². The average Bonchev–Trinajstić information content (AvgIpc) is 2.87. The van der Waals surface area contributed by atoms with Gasteiger partial charge in [0, 0.05) is 24.2 Å². The molecule has 0 fully saturated rings. The summed E-state index contributed by atoms with van der Waals surface area (Å²) in [5.41, 5.74) is 1.19. The number of carbonyl (C=O) groups excluding carboxylic acids is 1. The number of aromatic nitrogens is 1. The minimum atomic E-state index is -0.145. The number of carbonyl (C=O) groups is 1. The van der Waals surface area contributed by atoms with Crippen molar-refractivity contribution in [3.05, 3.63) is 48.3 Å². The Morgan fingerprint density at radius 3 is 2.44 bits per heavy atom. The Bertz CT molecular complexity index is 841. The normalized spacial score (nSPS) is 10.7. The van der Waals surface area contributed by atoms with Crippen molar-refractivity contribution in [2.45, 2.75) is 78.2 Å². The van der Waals surface area contributed by atoms with E-state index in [1.165, 1.54) is 50.5 Å². The number of unbranched alkanes of at least 4 members (excludes halogenated alkanes) is 7. The van der Waals surface area contributed by atoms with Gasteiger partial charge in [0.05, 0.1) is 13.7 Å². The van der Waals surface area contributed by atoms with E-state index in [0.29, 0.717) is 30.4 Å². The third kappa shape index (κ3) is 10.9. The fourth-order valence-corrected chi connectivity index (χ4v) is 3.74. The Kier molecular flexibility index (Phi) is 13.6. The lowest BCUT2D eigenvalue weighted by Crippen LogP contribution is -2.33. The molecular formula is C28H43N2O4+. The molecule has 1 aromatic carbocycles. The van der Waals surface area contributed by atoms with Crippen LogP contribution < -0.4 is 24.1 Å². The van der Waals surface area contributed by atoms with Gasteiger partial charge < -0.3 is 19.5 Å². The number of nitrogens with zero attached hydrogens (tertiary/aromatic N) is 1. The zero-order valence-corrected chi connectivity index (χ0v) is 21.3. The summed E-state index contributed by atoms with van der Waals surface area (Å²) in [6.45, 7) is 6.49. The first-order valence-electron chi connectivity index (χ1n) is 12.8. The standard InChI is InChI=1S/C28H42N2O4/c1-4-6-7-8-9-10-11-12-20-33-26-16-15-25(21-27(26)32-3)34-23-28(31)29-18-17-24-14-13-19-30(5-2)22-24/h13-16,19,21-22H,4-12,17-18,20,23H2,1-3H3/p+1. The first kappa shape index (κ1) is 27.5. The first-order valence-corrected chi connectivity index (χ1v) is 12.8. The molecule has 0 spiro atoms. The summed E-state index contributed by atoms with van der Waals surface area (Å²) in [6, 6.07) is 9.52. The van der Waals surface area contributed by atoms with Crippen LogP contribution in [0.4, 0.5) is 0 Å². The molecule has 1 amide bonds. The summed E-state index contributed by atoms with van der Waals surface area (Å²) in [4.78, 5) is 12.2. The van der Waals surface area contributed by atoms with Gasteiger partial charge in [-0.05, 0) is 38.0 Å². The largest absolute Gasteiger partial charge is 0.493 e. The molecule has 2 aromatic rings. The average molecular weight is 472 g/mol. The second kappa shape index (κ2) is 16.8. The topological polar surface area (TPSA) is 60.7 Å². The van der Waals surface area contributed by atoms with Crippen LogP contribution in [0.2, 0.25) is 0 Å². The van der Waals surface area contributed by atoms with Crippen LogP contribution in [-0.4, -0.2) is 32.8 Å². The quantitative estimate of drug-likeness (QED) is 0.238. The molecule has 1 heterocycles. The van der Waals surface area contributed by atoms with Gasteiger partial charge in [-0.25, -0.2) is 4.57 Å². The van der Waals surface area contributed by atoms with Gasteiger partial charge in [0.25, 0.3) is 5.91 Å². The molecule has 34 heavy (non-hydrogen) atoms. The van der Waals surface area contributed by atoms with Gasteiger partial charge in [-0.2, -0.15) is 0 Å². The number of methoxy groups -OCH3 is 1. The van der Waals surface area contributed by atoms with Crippen LogP contribution in [0.25, 0.3) is 0 Å². The van der Waals surface area contributed by atoms with Crippen LogP contribution in [0.5, 0.6) is 17.2 Å². The van der Waals surface area contributed by atoms with E-state index in [4.69, 9.17) is 14.2 Å². The molecule has 0 saturated carbocycles. The summed E-state index contributed by atoms with van der Waals surface area (Å²) >= 11 is 0. The highest BCUT2D eigenvalue weighted by Crippen LogP contribution is 2.31. The zero-order chi connectivity index (χ0) is 24.4. The third-order valence-corrected chi connectivity index (χ3v) is 5.78. The number of hydrogen-bond donors (Lipinski definition) is 1. The second-order valence-electron chi connectivity index (χ2n) is 8.57. The van der Waals surface area contributed by atoms with Gasteiger partial charge in [0.15, 0.2) is 30.5 Å². The molecule has 0 aliphatic rings. The number of pyridine rings is 1. The molecule has 6 heteroatoms. The van der Waals surface area contributed by atoms with E-state index < -0.39 is 0 Å². The first-order chi connectivity index (χ1) is 16.7. The third-order valence-electron chi connectivity index (χ3n) is 5.78. The van der Waals surface area contributed by atoms with E-state index in [2.05, 4.69) is 36.0 Å². The summed E-state index contributed by atoms with van der Waals surface area (Å²) in [5, 5.41) is 2.91. The molecule has 0 aliphatic carbocycles. The van der Waals surface area contributed by atoms with Gasteiger partial charge >= 0.3 is 0 Å². The monoisotopic (exact) mass is 471 g/mol. The van der Waals surface area contributed by atoms with E-state index in [9.17, 15) is 4.79 Å². The minimum Gasteiger partial charge on any atom is -0.493 e. The Hall–Kier alpha value is -2.76. The highest BCUT2D eigenvalue weighted by molar-refractivity contribution is 5.77. The van der Waals surface area contributed by atoms with E-state index in [1.54, 1.807) is 13.2 Å². The molecule has 0 radical (unpaired) electrons. The molecule has 1 N–H and O–H groups in total. The Labute approximate surface area is 205 Å². The van der Waals surface area contributed by atoms with E-state index >= 15 is 0 Å². The summed E-state index contributed by atoms with van der Waals surface area (Å²) < 4.78 is 19.1. The van der Waals surface area contributed by atoms with Crippen molar-refractivity contribution < 1.29 is 23.6 Å². The zero-order valence-electron chi connectivity index (χ0n) is 21.3. The summed E-state index contributed by atoms with van der Waals surface area (Å²) in [7, 11) is 1.61. The number of hydrogen-bond acceptors (Lipinski definition) is 4. The van der Waals surface area contributed by atoms with E-state index in [0.717, 1.165) is 19.4 Å². The maximum Gasteiger partial charge on any atom is 0.257 e.